The highest BCUT2D eigenvalue weighted by Gasteiger charge is 2.36. The number of aliphatic hydroxyl groups is 1. The number of fused-ring (bicyclic) bond motifs is 2. The van der Waals surface area contributed by atoms with Crippen LogP contribution in [0.5, 0.6) is 0 Å². The van der Waals surface area contributed by atoms with Gasteiger partial charge in [-0.05, 0) is 32.1 Å². The number of hydrogen-bond donors (Lipinski definition) is 1. The minimum Gasteiger partial charge on any atom is -0.395 e. The smallest absolute Gasteiger partial charge is 0.183 e. The number of piperidine rings is 2. The van der Waals surface area contributed by atoms with E-state index in [1.807, 2.05) is 0 Å². The maximum atomic E-state index is 11.1. The number of rotatable bonds is 4. The number of carbonyl (C=O) groups is 1. The van der Waals surface area contributed by atoms with Crippen LogP contribution in [-0.2, 0) is 4.79 Å². The zero-order chi connectivity index (χ0) is 27.9. The normalized spacial score (nSPS) is 26.8. The van der Waals surface area contributed by atoms with Gasteiger partial charge in [0.25, 0.3) is 0 Å². The molecule has 0 saturated carbocycles. The molecule has 12 nitrogen and oxygen atoms in total. The van der Waals surface area contributed by atoms with Gasteiger partial charge in [-0.25, -0.2) is 19.9 Å². The summed E-state index contributed by atoms with van der Waals surface area (Å²) in [6.45, 7) is 5.30. The monoisotopic (exact) mass is 544 g/mol. The third-order valence-corrected chi connectivity index (χ3v) is 8.60. The van der Waals surface area contributed by atoms with Crippen molar-refractivity contribution in [3.05, 3.63) is 36.2 Å². The predicted molar refractivity (Wildman–Crippen MR) is 147 cm³/mol. The summed E-state index contributed by atoms with van der Waals surface area (Å²) in [6, 6.07) is 5.40. The quantitative estimate of drug-likeness (QED) is 0.547. The summed E-state index contributed by atoms with van der Waals surface area (Å²) >= 11 is 0. The Bertz CT molecular complexity index is 1250. The second kappa shape index (κ2) is 13.1. The predicted octanol–water partition coefficient (Wildman–Crippen LogP) is 0.974. The van der Waals surface area contributed by atoms with E-state index in [0.29, 0.717) is 41.1 Å². The van der Waals surface area contributed by atoms with Crippen LogP contribution in [-0.4, -0.2) is 111 Å². The fourth-order valence-electron chi connectivity index (χ4n) is 6.66. The molecule has 6 rings (SSSR count). The van der Waals surface area contributed by atoms with Crippen molar-refractivity contribution in [1.29, 1.82) is 10.5 Å². The highest BCUT2D eigenvalue weighted by molar-refractivity contribution is 5.58. The van der Waals surface area contributed by atoms with Crippen LogP contribution < -0.4 is 9.80 Å². The molecule has 4 fully saturated rings. The molecule has 0 bridgehead atoms. The van der Waals surface area contributed by atoms with Crippen LogP contribution in [0.25, 0.3) is 0 Å². The summed E-state index contributed by atoms with van der Waals surface area (Å²) in [4.78, 5) is 36.9. The van der Waals surface area contributed by atoms with Crippen molar-refractivity contribution in [3.63, 3.8) is 0 Å². The number of hydrogen-bond acceptors (Lipinski definition) is 12. The SMILES string of the molecule is N#Cc1nccnc1N1CCN2[C@@H](CCC[C@@H]2C=O)C1.N#Cc1nccnc1N1CCN2[C@@H](CO)CCC[C@H]2C1. The Morgan fingerprint density at radius 2 is 1.30 bits per heavy atom. The lowest BCUT2D eigenvalue weighted by Crippen LogP contribution is -2.59. The van der Waals surface area contributed by atoms with Crippen LogP contribution in [0.2, 0.25) is 0 Å². The van der Waals surface area contributed by atoms with Gasteiger partial charge >= 0.3 is 0 Å². The van der Waals surface area contributed by atoms with Crippen molar-refractivity contribution < 1.29 is 9.90 Å². The first-order valence-corrected chi connectivity index (χ1v) is 14.2. The standard InChI is InChI=1S/C14H19N5O.C14H17N5O/c2*15-8-13-14(17-5-4-16-13)18-6-7-19-11(9-18)2-1-3-12(19)10-20/h4-5,11-12,20H,1-3,6-7,9-10H2;4-5,10-12H,1-3,6-7,9H2/t2*11-,12+/m00/s1. The summed E-state index contributed by atoms with van der Waals surface area (Å²) in [5, 5.41) is 27.7. The van der Waals surface area contributed by atoms with E-state index in [4.69, 9.17) is 10.5 Å². The van der Waals surface area contributed by atoms with Gasteiger partial charge in [0.1, 0.15) is 18.4 Å². The zero-order valence-electron chi connectivity index (χ0n) is 22.7. The summed E-state index contributed by atoms with van der Waals surface area (Å²) < 4.78 is 0. The highest BCUT2D eigenvalue weighted by atomic mass is 16.3. The van der Waals surface area contributed by atoms with Crippen molar-refractivity contribution in [2.45, 2.75) is 62.7 Å². The summed E-state index contributed by atoms with van der Waals surface area (Å²) in [5.74, 6) is 1.36. The zero-order valence-corrected chi connectivity index (χ0v) is 22.7. The van der Waals surface area contributed by atoms with Gasteiger partial charge in [-0.3, -0.25) is 9.80 Å². The molecule has 0 aromatic carbocycles. The summed E-state index contributed by atoms with van der Waals surface area (Å²) in [5.41, 5.74) is 0.777. The van der Waals surface area contributed by atoms with E-state index in [9.17, 15) is 9.90 Å². The number of nitriles is 2. The van der Waals surface area contributed by atoms with Crippen molar-refractivity contribution in [2.75, 3.05) is 55.7 Å². The molecule has 2 aromatic heterocycles. The fourth-order valence-corrected chi connectivity index (χ4v) is 6.66. The summed E-state index contributed by atoms with van der Waals surface area (Å²) in [6.07, 6.45) is 14.0. The minimum absolute atomic E-state index is 0.0631. The van der Waals surface area contributed by atoms with Gasteiger partial charge in [0, 0.05) is 82.2 Å². The van der Waals surface area contributed by atoms with Crippen LogP contribution in [0.15, 0.2) is 24.8 Å². The summed E-state index contributed by atoms with van der Waals surface area (Å²) in [7, 11) is 0. The largest absolute Gasteiger partial charge is 0.395 e. The molecule has 4 aliphatic heterocycles. The molecule has 40 heavy (non-hydrogen) atoms. The molecule has 12 heteroatoms. The average molecular weight is 545 g/mol. The van der Waals surface area contributed by atoms with E-state index in [1.165, 1.54) is 0 Å². The van der Waals surface area contributed by atoms with Crippen LogP contribution in [0.1, 0.15) is 49.9 Å². The average Bonchev–Trinajstić information content (AvgIpc) is 3.03. The van der Waals surface area contributed by atoms with E-state index in [1.54, 1.807) is 24.8 Å². The van der Waals surface area contributed by atoms with Crippen molar-refractivity contribution in [1.82, 2.24) is 29.7 Å². The van der Waals surface area contributed by atoms with Crippen LogP contribution in [0.4, 0.5) is 11.6 Å². The first-order chi connectivity index (χ1) is 19.7. The highest BCUT2D eigenvalue weighted by Crippen LogP contribution is 2.29. The number of anilines is 2. The van der Waals surface area contributed by atoms with Crippen molar-refractivity contribution in [2.24, 2.45) is 0 Å². The molecule has 0 unspecified atom stereocenters. The number of aldehydes is 1. The Labute approximate surface area is 234 Å². The topological polar surface area (TPSA) is 149 Å². The van der Waals surface area contributed by atoms with Gasteiger partial charge in [0.15, 0.2) is 23.0 Å². The van der Waals surface area contributed by atoms with Gasteiger partial charge in [0.05, 0.1) is 12.6 Å². The van der Waals surface area contributed by atoms with Gasteiger partial charge in [-0.15, -0.1) is 0 Å². The molecule has 0 spiro atoms. The Hall–Kier alpha value is -3.71. The molecule has 1 N–H and O–H groups in total. The Balaban J connectivity index is 0.000000161. The molecule has 0 radical (unpaired) electrons. The van der Waals surface area contributed by atoms with E-state index >= 15 is 0 Å². The molecule has 0 amide bonds. The second-order valence-corrected chi connectivity index (χ2v) is 10.8. The molecule has 0 aliphatic carbocycles. The first-order valence-electron chi connectivity index (χ1n) is 14.2. The molecule has 6 heterocycles. The molecule has 210 valence electrons. The maximum Gasteiger partial charge on any atom is 0.183 e. The molecule has 4 aliphatic rings. The molecule has 4 atom stereocenters. The third kappa shape index (κ3) is 5.89. The van der Waals surface area contributed by atoms with Crippen molar-refractivity contribution >= 4 is 17.9 Å². The van der Waals surface area contributed by atoms with Gasteiger partial charge in [0.2, 0.25) is 0 Å². The van der Waals surface area contributed by atoms with E-state index in [-0.39, 0.29) is 12.6 Å². The lowest BCUT2D eigenvalue weighted by molar-refractivity contribution is -0.115. The van der Waals surface area contributed by atoms with Crippen LogP contribution >= 0.6 is 0 Å². The number of aliphatic hydroxyl groups excluding tert-OH is 1. The Kier molecular flexibility index (Phi) is 9.12. The Morgan fingerprint density at radius 1 is 0.775 bits per heavy atom. The van der Waals surface area contributed by atoms with Gasteiger partial charge in [-0.2, -0.15) is 10.5 Å². The number of carbonyl (C=O) groups excluding carboxylic acids is 1. The molecule has 2 aromatic rings. The second-order valence-electron chi connectivity index (χ2n) is 10.8. The molecular formula is C28H36N10O2. The van der Waals surface area contributed by atoms with Crippen molar-refractivity contribution in [3.8, 4) is 12.1 Å². The van der Waals surface area contributed by atoms with Crippen LogP contribution in [0, 0.1) is 22.7 Å². The molecule has 4 saturated heterocycles. The number of nitrogens with zero attached hydrogens (tertiary/aromatic N) is 10. The van der Waals surface area contributed by atoms with Gasteiger partial charge in [-0.1, -0.05) is 6.42 Å². The first kappa shape index (κ1) is 27.8. The van der Waals surface area contributed by atoms with E-state index in [0.717, 1.165) is 84.1 Å². The maximum absolute atomic E-state index is 11.1. The third-order valence-electron chi connectivity index (χ3n) is 8.60. The number of piperazine rings is 2. The van der Waals surface area contributed by atoms with Gasteiger partial charge < -0.3 is 19.7 Å². The lowest BCUT2D eigenvalue weighted by Gasteiger charge is -2.48. The van der Waals surface area contributed by atoms with E-state index < -0.39 is 0 Å². The number of aromatic nitrogens is 4. The minimum atomic E-state index is 0.0631. The fraction of sp³-hybridized carbons (Fsp3) is 0.607. The van der Waals surface area contributed by atoms with Crippen LogP contribution in [0.3, 0.4) is 0 Å². The van der Waals surface area contributed by atoms with E-state index in [2.05, 4.69) is 51.7 Å². The lowest BCUT2D eigenvalue weighted by atomic mass is 9.93. The molecular weight excluding hydrogens is 508 g/mol. The Morgan fingerprint density at radius 3 is 1.85 bits per heavy atom.